The molecule has 1 aliphatic heterocycles. The molecule has 0 radical (unpaired) electrons. The summed E-state index contributed by atoms with van der Waals surface area (Å²) in [6.07, 6.45) is 4.93. The van der Waals surface area contributed by atoms with Gasteiger partial charge in [-0.05, 0) is 67.9 Å². The van der Waals surface area contributed by atoms with Crippen LogP contribution >= 0.6 is 0 Å². The molecule has 154 valence electrons. The normalized spacial score (nSPS) is 19.5. The minimum absolute atomic E-state index is 0.0963. The summed E-state index contributed by atoms with van der Waals surface area (Å²) >= 11 is 0. The van der Waals surface area contributed by atoms with Crippen LogP contribution in [-0.2, 0) is 21.2 Å². The van der Waals surface area contributed by atoms with Gasteiger partial charge in [-0.3, -0.25) is 4.79 Å². The lowest BCUT2D eigenvalue weighted by molar-refractivity contribution is -0.132. The van der Waals surface area contributed by atoms with Crippen LogP contribution in [0.4, 0.5) is 0 Å². The van der Waals surface area contributed by atoms with Crippen LogP contribution in [0, 0.1) is 6.92 Å². The Bertz CT molecular complexity index is 981. The van der Waals surface area contributed by atoms with Crippen LogP contribution in [0.15, 0.2) is 53.4 Å². The number of carbonyl (C=O) groups is 1. The zero-order valence-corrected chi connectivity index (χ0v) is 17.6. The number of nitrogens with one attached hydrogen (secondary N) is 1. The van der Waals surface area contributed by atoms with Crippen LogP contribution in [0.25, 0.3) is 0 Å². The lowest BCUT2D eigenvalue weighted by Crippen LogP contribution is -2.31. The first kappa shape index (κ1) is 20.1. The topological polar surface area (TPSA) is 66.5 Å². The molecule has 0 aromatic heterocycles. The molecule has 1 N–H and O–H groups in total. The first-order chi connectivity index (χ1) is 13.9. The molecule has 1 amide bonds. The number of nitrogens with zero attached hydrogens (tertiary/aromatic N) is 1. The van der Waals surface area contributed by atoms with Crippen LogP contribution in [0.2, 0.25) is 0 Å². The molecule has 1 saturated carbocycles. The Labute approximate surface area is 173 Å². The molecule has 2 fully saturated rings. The van der Waals surface area contributed by atoms with Crippen molar-refractivity contribution in [2.75, 3.05) is 6.54 Å². The summed E-state index contributed by atoms with van der Waals surface area (Å²) in [7, 11) is -3.43. The van der Waals surface area contributed by atoms with Gasteiger partial charge in [-0.15, -0.1) is 0 Å². The van der Waals surface area contributed by atoms with Gasteiger partial charge in [-0.25, -0.2) is 13.1 Å². The number of carbonyl (C=O) groups excluding carboxylic acids is 1. The molecular formula is C23H28N2O3S. The van der Waals surface area contributed by atoms with Gasteiger partial charge in [0.15, 0.2) is 0 Å². The Hall–Kier alpha value is -2.18. The quantitative estimate of drug-likeness (QED) is 0.753. The van der Waals surface area contributed by atoms with Gasteiger partial charge in [0, 0.05) is 19.0 Å². The summed E-state index contributed by atoms with van der Waals surface area (Å²) < 4.78 is 27.2. The highest BCUT2D eigenvalue weighted by molar-refractivity contribution is 7.89. The Morgan fingerprint density at radius 2 is 1.79 bits per heavy atom. The van der Waals surface area contributed by atoms with Gasteiger partial charge in [0.2, 0.25) is 15.9 Å². The maximum absolute atomic E-state index is 12.9. The predicted molar refractivity (Wildman–Crippen MR) is 113 cm³/mol. The van der Waals surface area contributed by atoms with Gasteiger partial charge >= 0.3 is 0 Å². The smallest absolute Gasteiger partial charge is 0.240 e. The largest absolute Gasteiger partial charge is 0.336 e. The molecule has 1 unspecified atom stereocenters. The number of amides is 1. The zero-order valence-electron chi connectivity index (χ0n) is 16.8. The average Bonchev–Trinajstić information content (AvgIpc) is 3.37. The summed E-state index contributed by atoms with van der Waals surface area (Å²) in [5.41, 5.74) is 3.46. The molecule has 5 nitrogen and oxygen atoms in total. The monoisotopic (exact) mass is 412 g/mol. The summed E-state index contributed by atoms with van der Waals surface area (Å²) in [6, 6.07) is 15.5. The van der Waals surface area contributed by atoms with Crippen LogP contribution in [-0.4, -0.2) is 31.8 Å². The molecule has 1 atom stereocenters. The fourth-order valence-electron chi connectivity index (χ4n) is 4.07. The van der Waals surface area contributed by atoms with Crippen molar-refractivity contribution < 1.29 is 13.2 Å². The number of sulfonamides is 1. The molecule has 2 aromatic carbocycles. The van der Waals surface area contributed by atoms with E-state index in [0.29, 0.717) is 17.7 Å². The number of hydrogen-bond acceptors (Lipinski definition) is 3. The van der Waals surface area contributed by atoms with E-state index in [1.54, 1.807) is 12.1 Å². The maximum atomic E-state index is 12.9. The number of rotatable bonds is 7. The standard InChI is InChI=1S/C23H28N2O3S/c1-17-5-2-3-6-21(17)22-7-4-16-25(22)23(26)15-10-18-8-13-20(14-9-18)29(27,28)24-19-11-12-19/h2-3,5-6,8-9,13-14,19,22,24H,4,7,10-12,15-16H2,1H3. The van der Waals surface area contributed by atoms with Crippen molar-refractivity contribution in [2.24, 2.45) is 0 Å². The van der Waals surface area contributed by atoms with Crippen LogP contribution < -0.4 is 4.72 Å². The highest BCUT2D eigenvalue weighted by Gasteiger charge is 2.30. The van der Waals surface area contributed by atoms with Gasteiger partial charge in [0.1, 0.15) is 0 Å². The van der Waals surface area contributed by atoms with Crippen molar-refractivity contribution in [1.82, 2.24) is 9.62 Å². The van der Waals surface area contributed by atoms with Crippen molar-refractivity contribution in [2.45, 2.75) is 62.4 Å². The highest BCUT2D eigenvalue weighted by atomic mass is 32.2. The Morgan fingerprint density at radius 3 is 2.48 bits per heavy atom. The second-order valence-electron chi connectivity index (χ2n) is 8.14. The molecule has 29 heavy (non-hydrogen) atoms. The Balaban J connectivity index is 1.37. The van der Waals surface area contributed by atoms with E-state index in [1.165, 1.54) is 11.1 Å². The molecule has 4 rings (SSSR count). The molecular weight excluding hydrogens is 384 g/mol. The fraction of sp³-hybridized carbons (Fsp3) is 0.435. The van der Waals surface area contributed by atoms with Crippen molar-refractivity contribution in [3.63, 3.8) is 0 Å². The van der Waals surface area contributed by atoms with E-state index in [9.17, 15) is 13.2 Å². The van der Waals surface area contributed by atoms with Crippen LogP contribution in [0.1, 0.15) is 54.8 Å². The number of likely N-dealkylation sites (tertiary alicyclic amines) is 1. The molecule has 1 saturated heterocycles. The summed E-state index contributed by atoms with van der Waals surface area (Å²) in [4.78, 5) is 15.2. The van der Waals surface area contributed by atoms with E-state index in [4.69, 9.17) is 0 Å². The van der Waals surface area contributed by atoms with E-state index in [0.717, 1.165) is 37.8 Å². The minimum Gasteiger partial charge on any atom is -0.336 e. The third-order valence-corrected chi connectivity index (χ3v) is 7.42. The minimum atomic E-state index is -3.43. The third-order valence-electron chi connectivity index (χ3n) is 5.88. The second kappa shape index (κ2) is 8.28. The highest BCUT2D eigenvalue weighted by Crippen LogP contribution is 2.34. The molecule has 2 aromatic rings. The summed E-state index contributed by atoms with van der Waals surface area (Å²) in [5, 5.41) is 0. The van der Waals surface area contributed by atoms with E-state index >= 15 is 0 Å². The SMILES string of the molecule is Cc1ccccc1C1CCCN1C(=O)CCc1ccc(S(=O)(=O)NC2CC2)cc1. The predicted octanol–water partition coefficient (Wildman–Crippen LogP) is 3.73. The van der Waals surface area contributed by atoms with E-state index in [-0.39, 0.29) is 18.0 Å². The molecule has 6 heteroatoms. The fourth-order valence-corrected chi connectivity index (χ4v) is 5.37. The number of benzene rings is 2. The zero-order chi connectivity index (χ0) is 20.4. The van der Waals surface area contributed by atoms with Gasteiger partial charge < -0.3 is 4.90 Å². The van der Waals surface area contributed by atoms with Crippen molar-refractivity contribution in [3.8, 4) is 0 Å². The van der Waals surface area contributed by atoms with E-state index < -0.39 is 10.0 Å². The lowest BCUT2D eigenvalue weighted by atomic mass is 9.99. The Morgan fingerprint density at radius 1 is 1.07 bits per heavy atom. The molecule has 0 bridgehead atoms. The summed E-state index contributed by atoms with van der Waals surface area (Å²) in [6.45, 7) is 2.91. The second-order valence-corrected chi connectivity index (χ2v) is 9.86. The third kappa shape index (κ3) is 4.70. The van der Waals surface area contributed by atoms with Crippen molar-refractivity contribution >= 4 is 15.9 Å². The van der Waals surface area contributed by atoms with Gasteiger partial charge in [0.05, 0.1) is 10.9 Å². The van der Waals surface area contributed by atoms with E-state index in [2.05, 4.69) is 23.8 Å². The molecule has 2 aliphatic rings. The molecule has 1 heterocycles. The Kier molecular flexibility index (Phi) is 5.74. The van der Waals surface area contributed by atoms with Crippen LogP contribution in [0.3, 0.4) is 0 Å². The van der Waals surface area contributed by atoms with Gasteiger partial charge in [-0.1, -0.05) is 36.4 Å². The molecule has 1 aliphatic carbocycles. The lowest BCUT2D eigenvalue weighted by Gasteiger charge is -2.26. The summed E-state index contributed by atoms with van der Waals surface area (Å²) in [5.74, 6) is 0.169. The van der Waals surface area contributed by atoms with Crippen LogP contribution in [0.5, 0.6) is 0 Å². The first-order valence-electron chi connectivity index (χ1n) is 10.4. The van der Waals surface area contributed by atoms with Gasteiger partial charge in [-0.2, -0.15) is 0 Å². The molecule has 0 spiro atoms. The first-order valence-corrected chi connectivity index (χ1v) is 11.9. The van der Waals surface area contributed by atoms with Crippen molar-refractivity contribution in [1.29, 1.82) is 0 Å². The number of aryl methyl sites for hydroxylation is 2. The van der Waals surface area contributed by atoms with Crippen molar-refractivity contribution in [3.05, 3.63) is 65.2 Å². The average molecular weight is 413 g/mol. The van der Waals surface area contributed by atoms with Gasteiger partial charge in [0.25, 0.3) is 0 Å². The number of hydrogen-bond donors (Lipinski definition) is 1. The maximum Gasteiger partial charge on any atom is 0.240 e. The van der Waals surface area contributed by atoms with E-state index in [1.807, 2.05) is 29.2 Å².